The number of carbonyl (C=O) groups is 2. The van der Waals surface area contributed by atoms with Crippen LogP contribution in [0.25, 0.3) is 0 Å². The number of amides is 3. The summed E-state index contributed by atoms with van der Waals surface area (Å²) in [4.78, 5) is 29.9. The number of halogens is 1. The number of carbonyl (C=O) groups excluding carboxylic acids is 2. The van der Waals surface area contributed by atoms with Crippen molar-refractivity contribution in [3.8, 4) is 5.75 Å². The molecule has 2 aromatic carbocycles. The van der Waals surface area contributed by atoms with Crippen LogP contribution in [0, 0.1) is 11.7 Å². The van der Waals surface area contributed by atoms with Gasteiger partial charge >= 0.3 is 6.03 Å². The van der Waals surface area contributed by atoms with Gasteiger partial charge in [0, 0.05) is 37.7 Å². The summed E-state index contributed by atoms with van der Waals surface area (Å²) < 4.78 is 20.2. The minimum atomic E-state index is -0.353. The highest BCUT2D eigenvalue weighted by Gasteiger charge is 2.49. The maximum absolute atomic E-state index is 14.2. The van der Waals surface area contributed by atoms with Gasteiger partial charge in [-0.15, -0.1) is 0 Å². The van der Waals surface area contributed by atoms with E-state index in [9.17, 15) is 14.0 Å². The van der Waals surface area contributed by atoms with Gasteiger partial charge in [0.15, 0.2) is 0 Å². The number of hydrogen-bond donors (Lipinski definition) is 0. The first kappa shape index (κ1) is 22.1. The van der Waals surface area contributed by atoms with Gasteiger partial charge in [-0.1, -0.05) is 30.3 Å². The summed E-state index contributed by atoms with van der Waals surface area (Å²) in [5.41, 5.74) is 2.30. The van der Waals surface area contributed by atoms with Gasteiger partial charge < -0.3 is 14.5 Å². The third kappa shape index (κ3) is 3.94. The van der Waals surface area contributed by atoms with E-state index < -0.39 is 0 Å². The van der Waals surface area contributed by atoms with E-state index in [0.717, 1.165) is 31.2 Å². The average molecular weight is 477 g/mol. The normalized spacial score (nSPS) is 23.8. The van der Waals surface area contributed by atoms with Crippen LogP contribution in [-0.2, 0) is 4.79 Å². The zero-order valence-electron chi connectivity index (χ0n) is 19.8. The minimum Gasteiger partial charge on any atom is -0.492 e. The molecule has 2 aromatic rings. The Morgan fingerprint density at radius 2 is 1.74 bits per heavy atom. The molecule has 7 nitrogen and oxygen atoms in total. The number of benzene rings is 2. The highest BCUT2D eigenvalue weighted by Crippen LogP contribution is 2.44. The number of nitrogens with zero attached hydrogens (tertiary/aromatic N) is 4. The second-order valence-electron chi connectivity index (χ2n) is 9.90. The Balaban J connectivity index is 1.36. The van der Waals surface area contributed by atoms with Crippen LogP contribution in [0.4, 0.5) is 9.18 Å². The van der Waals surface area contributed by atoms with Gasteiger partial charge in [0.2, 0.25) is 5.91 Å². The fourth-order valence-corrected chi connectivity index (χ4v) is 5.73. The van der Waals surface area contributed by atoms with Crippen molar-refractivity contribution >= 4 is 17.6 Å². The summed E-state index contributed by atoms with van der Waals surface area (Å²) in [7, 11) is 0. The van der Waals surface area contributed by atoms with Crippen LogP contribution >= 0.6 is 0 Å². The van der Waals surface area contributed by atoms with Crippen molar-refractivity contribution in [3.63, 3.8) is 0 Å². The summed E-state index contributed by atoms with van der Waals surface area (Å²) in [6.45, 7) is 3.30. The van der Waals surface area contributed by atoms with Gasteiger partial charge in [0.25, 0.3) is 0 Å². The molecule has 8 heteroatoms. The van der Waals surface area contributed by atoms with E-state index in [-0.39, 0.29) is 41.8 Å². The Morgan fingerprint density at radius 1 is 1.03 bits per heavy atom. The van der Waals surface area contributed by atoms with Crippen molar-refractivity contribution in [1.82, 2.24) is 14.8 Å². The minimum absolute atomic E-state index is 0.0748. The number of hydrogen-bond acceptors (Lipinski definition) is 4. The molecule has 182 valence electrons. The Labute approximate surface area is 204 Å². The first-order chi connectivity index (χ1) is 17.0. The van der Waals surface area contributed by atoms with Crippen LogP contribution < -0.4 is 4.74 Å². The second kappa shape index (κ2) is 8.66. The summed E-state index contributed by atoms with van der Waals surface area (Å²) in [6.07, 6.45) is 3.50. The summed E-state index contributed by atoms with van der Waals surface area (Å²) >= 11 is 0. The molecule has 3 amide bonds. The van der Waals surface area contributed by atoms with E-state index in [0.29, 0.717) is 36.7 Å². The van der Waals surface area contributed by atoms with E-state index in [1.807, 2.05) is 40.1 Å². The molecule has 1 saturated carbocycles. The lowest BCUT2D eigenvalue weighted by Crippen LogP contribution is -2.52. The number of piperidine rings is 1. The highest BCUT2D eigenvalue weighted by atomic mass is 19.1. The van der Waals surface area contributed by atoms with Crippen molar-refractivity contribution in [2.24, 2.45) is 11.0 Å². The first-order valence-corrected chi connectivity index (χ1v) is 12.4. The van der Waals surface area contributed by atoms with Crippen LogP contribution in [0.5, 0.6) is 5.75 Å². The Kier molecular flexibility index (Phi) is 5.46. The molecular formula is C27H29FN4O3. The predicted octanol–water partition coefficient (Wildman–Crippen LogP) is 4.19. The molecule has 1 saturated heterocycles. The van der Waals surface area contributed by atoms with Crippen LogP contribution in [0.1, 0.15) is 49.8 Å². The highest BCUT2D eigenvalue weighted by molar-refractivity contribution is 6.07. The van der Waals surface area contributed by atoms with Gasteiger partial charge in [-0.2, -0.15) is 5.10 Å². The van der Waals surface area contributed by atoms with Crippen molar-refractivity contribution in [3.05, 3.63) is 65.5 Å². The molecule has 2 unspecified atom stereocenters. The molecule has 2 atom stereocenters. The molecule has 35 heavy (non-hydrogen) atoms. The van der Waals surface area contributed by atoms with E-state index in [4.69, 9.17) is 9.84 Å². The molecule has 6 rings (SSSR count). The topological polar surface area (TPSA) is 65.5 Å². The van der Waals surface area contributed by atoms with Gasteiger partial charge in [0.1, 0.15) is 11.6 Å². The SMILES string of the molecule is CC(=O)N1CCC(N(C(=O)N2N=C3c4cc(F)ccc4OCC3C2c2ccccc2)C2CC2)CC1. The Bertz CT molecular complexity index is 1170. The summed E-state index contributed by atoms with van der Waals surface area (Å²) in [6, 6.07) is 14.2. The quantitative estimate of drug-likeness (QED) is 0.667. The van der Waals surface area contributed by atoms with Gasteiger partial charge in [-0.3, -0.25) is 4.79 Å². The van der Waals surface area contributed by atoms with Crippen LogP contribution in [0.2, 0.25) is 0 Å². The fraction of sp³-hybridized carbons (Fsp3) is 0.444. The lowest BCUT2D eigenvalue weighted by molar-refractivity contribution is -0.130. The third-order valence-electron chi connectivity index (χ3n) is 7.65. The van der Waals surface area contributed by atoms with Gasteiger partial charge in [-0.25, -0.2) is 14.2 Å². The van der Waals surface area contributed by atoms with Gasteiger partial charge in [0.05, 0.1) is 24.3 Å². The maximum Gasteiger partial charge on any atom is 0.341 e. The molecule has 3 aliphatic heterocycles. The van der Waals surface area contributed by atoms with Crippen molar-refractivity contribution in [2.45, 2.75) is 50.7 Å². The molecule has 0 bridgehead atoms. The molecule has 0 N–H and O–H groups in total. The number of hydrazone groups is 1. The molecule has 0 radical (unpaired) electrons. The largest absolute Gasteiger partial charge is 0.492 e. The van der Waals surface area contributed by atoms with Crippen LogP contribution in [0.15, 0.2) is 53.6 Å². The predicted molar refractivity (Wildman–Crippen MR) is 128 cm³/mol. The van der Waals surface area contributed by atoms with Crippen LogP contribution in [-0.4, -0.2) is 64.2 Å². The first-order valence-electron chi connectivity index (χ1n) is 12.4. The zero-order chi connectivity index (χ0) is 24.1. The Morgan fingerprint density at radius 3 is 2.43 bits per heavy atom. The standard InChI is InChI=1S/C27H29FN4O3/c1-17(33)30-13-11-21(12-14-30)31(20-8-9-20)27(34)32-26(18-5-3-2-4-6-18)23-16-35-24-10-7-19(28)15-22(24)25(23)29-32/h2-7,10,15,20-21,23,26H,8-9,11-14,16H2,1H3. The van der Waals surface area contributed by atoms with E-state index in [1.54, 1.807) is 18.0 Å². The lowest BCUT2D eigenvalue weighted by Gasteiger charge is -2.40. The number of likely N-dealkylation sites (tertiary alicyclic amines) is 1. The van der Waals surface area contributed by atoms with Crippen molar-refractivity contribution < 1.29 is 18.7 Å². The number of ether oxygens (including phenoxy) is 1. The van der Waals surface area contributed by atoms with E-state index in [1.165, 1.54) is 12.1 Å². The van der Waals surface area contributed by atoms with Crippen LogP contribution in [0.3, 0.4) is 0 Å². The third-order valence-corrected chi connectivity index (χ3v) is 7.65. The molecule has 0 spiro atoms. The molecule has 4 aliphatic rings. The number of urea groups is 1. The summed E-state index contributed by atoms with van der Waals surface area (Å²) in [5, 5.41) is 6.49. The second-order valence-corrected chi connectivity index (χ2v) is 9.90. The van der Waals surface area contributed by atoms with E-state index in [2.05, 4.69) is 0 Å². The van der Waals surface area contributed by atoms with E-state index >= 15 is 0 Å². The molecule has 0 aromatic heterocycles. The molecule has 2 fully saturated rings. The Hall–Kier alpha value is -3.42. The monoisotopic (exact) mass is 476 g/mol. The maximum atomic E-state index is 14.2. The molecule has 3 heterocycles. The fourth-order valence-electron chi connectivity index (χ4n) is 5.73. The number of rotatable bonds is 3. The number of fused-ring (bicyclic) bond motifs is 3. The van der Waals surface area contributed by atoms with Gasteiger partial charge in [-0.05, 0) is 49.4 Å². The lowest BCUT2D eigenvalue weighted by atomic mass is 9.86. The molecular weight excluding hydrogens is 447 g/mol. The summed E-state index contributed by atoms with van der Waals surface area (Å²) in [5.74, 6) is 0.140. The zero-order valence-corrected chi connectivity index (χ0v) is 19.8. The smallest absolute Gasteiger partial charge is 0.341 e. The van der Waals surface area contributed by atoms with Crippen molar-refractivity contribution in [1.29, 1.82) is 0 Å². The average Bonchev–Trinajstić information content (AvgIpc) is 3.62. The van der Waals surface area contributed by atoms with Crippen molar-refractivity contribution in [2.75, 3.05) is 19.7 Å². The molecule has 1 aliphatic carbocycles.